The van der Waals surface area contributed by atoms with E-state index in [4.69, 9.17) is 0 Å². The lowest BCUT2D eigenvalue weighted by Crippen LogP contribution is -1.85. The van der Waals surface area contributed by atoms with E-state index in [1.165, 1.54) is 62.9 Å². The Bertz CT molecular complexity index is 76.4. The molecule has 0 bridgehead atoms. The topological polar surface area (TPSA) is 0 Å². The van der Waals surface area contributed by atoms with Crippen molar-refractivity contribution in [2.24, 2.45) is 0 Å². The molecule has 0 heterocycles. The maximum atomic E-state index is 2.28. The summed E-state index contributed by atoms with van der Waals surface area (Å²) >= 11 is 2.15. The van der Waals surface area contributed by atoms with Gasteiger partial charge in [0.1, 0.15) is 0 Å². The zero-order valence-electron chi connectivity index (χ0n) is 9.89. The summed E-state index contributed by atoms with van der Waals surface area (Å²) in [6.07, 6.45) is 11.3. The Morgan fingerprint density at radius 1 is 0.643 bits per heavy atom. The SMILES string of the molecule is CCCCCCSCCCCCC.F. The van der Waals surface area contributed by atoms with Gasteiger partial charge in [-0.25, -0.2) is 0 Å². The van der Waals surface area contributed by atoms with Crippen LogP contribution < -0.4 is 0 Å². The van der Waals surface area contributed by atoms with Crippen LogP contribution in [0.4, 0.5) is 4.70 Å². The lowest BCUT2D eigenvalue weighted by Gasteiger charge is -2.00. The molecule has 0 aromatic heterocycles. The molecule has 0 rings (SSSR count). The Morgan fingerprint density at radius 2 is 1.07 bits per heavy atom. The highest BCUT2D eigenvalue weighted by atomic mass is 32.2. The van der Waals surface area contributed by atoms with Gasteiger partial charge < -0.3 is 0 Å². The van der Waals surface area contributed by atoms with E-state index in [2.05, 4.69) is 25.6 Å². The number of hydrogen-bond donors (Lipinski definition) is 0. The van der Waals surface area contributed by atoms with Gasteiger partial charge in [-0.15, -0.1) is 0 Å². The van der Waals surface area contributed by atoms with Gasteiger partial charge in [-0.3, -0.25) is 4.70 Å². The monoisotopic (exact) mass is 222 g/mol. The molecule has 0 fully saturated rings. The Hall–Kier alpha value is 0.280. The Morgan fingerprint density at radius 3 is 1.43 bits per heavy atom. The minimum absolute atomic E-state index is 0. The van der Waals surface area contributed by atoms with Crippen molar-refractivity contribution in [2.45, 2.75) is 65.2 Å². The molecule has 0 aromatic rings. The van der Waals surface area contributed by atoms with E-state index in [0.29, 0.717) is 0 Å². The average molecular weight is 222 g/mol. The van der Waals surface area contributed by atoms with Gasteiger partial charge in [-0.2, -0.15) is 11.8 Å². The summed E-state index contributed by atoms with van der Waals surface area (Å²) in [5.41, 5.74) is 0. The van der Waals surface area contributed by atoms with Crippen LogP contribution in [0.2, 0.25) is 0 Å². The third kappa shape index (κ3) is 14.8. The first-order valence-corrected chi connectivity index (χ1v) is 7.15. The first kappa shape index (κ1) is 16.7. The predicted octanol–water partition coefficient (Wildman–Crippen LogP) is 5.03. The number of rotatable bonds is 10. The zero-order chi connectivity index (χ0) is 9.78. The van der Waals surface area contributed by atoms with Crippen LogP contribution in [0.25, 0.3) is 0 Å². The number of thioether (sulfide) groups is 1. The van der Waals surface area contributed by atoms with Crippen molar-refractivity contribution in [2.75, 3.05) is 11.5 Å². The van der Waals surface area contributed by atoms with Crippen molar-refractivity contribution in [3.8, 4) is 0 Å². The summed E-state index contributed by atoms with van der Waals surface area (Å²) in [6, 6.07) is 0. The molecule has 0 unspecified atom stereocenters. The third-order valence-corrected chi connectivity index (χ3v) is 3.44. The molecule has 0 saturated heterocycles. The van der Waals surface area contributed by atoms with Gasteiger partial charge in [0.15, 0.2) is 0 Å². The van der Waals surface area contributed by atoms with E-state index in [1.807, 2.05) is 0 Å². The lowest BCUT2D eigenvalue weighted by atomic mass is 10.2. The standard InChI is InChI=1S/C12H26S.FH/c1-3-5-7-9-11-13-12-10-8-6-4-2;/h3-12H2,1-2H3;1H. The molecule has 0 nitrogen and oxygen atoms in total. The summed E-state index contributed by atoms with van der Waals surface area (Å²) in [6.45, 7) is 4.55. The fraction of sp³-hybridized carbons (Fsp3) is 1.00. The average Bonchev–Trinajstić information content (AvgIpc) is 2.16. The molecule has 0 aliphatic carbocycles. The highest BCUT2D eigenvalue weighted by molar-refractivity contribution is 7.99. The van der Waals surface area contributed by atoms with Crippen LogP contribution in [-0.4, -0.2) is 11.5 Å². The molecule has 0 aliphatic heterocycles. The van der Waals surface area contributed by atoms with Gasteiger partial charge in [0.25, 0.3) is 0 Å². The molecular weight excluding hydrogens is 195 g/mol. The van der Waals surface area contributed by atoms with Gasteiger partial charge in [0.2, 0.25) is 0 Å². The summed E-state index contributed by atoms with van der Waals surface area (Å²) in [5.74, 6) is 2.79. The highest BCUT2D eigenvalue weighted by Gasteiger charge is 1.90. The molecule has 0 aromatic carbocycles. The van der Waals surface area contributed by atoms with Crippen molar-refractivity contribution in [3.63, 3.8) is 0 Å². The van der Waals surface area contributed by atoms with Gasteiger partial charge in [0, 0.05) is 0 Å². The van der Waals surface area contributed by atoms with Gasteiger partial charge in [-0.1, -0.05) is 52.4 Å². The zero-order valence-corrected chi connectivity index (χ0v) is 10.7. The number of halogens is 1. The molecule has 0 spiro atoms. The van der Waals surface area contributed by atoms with Crippen molar-refractivity contribution in [1.82, 2.24) is 0 Å². The second-order valence-electron chi connectivity index (χ2n) is 3.73. The minimum Gasteiger partial charge on any atom is -0.269 e. The molecule has 2 heteroatoms. The van der Waals surface area contributed by atoms with Crippen molar-refractivity contribution < 1.29 is 4.70 Å². The van der Waals surface area contributed by atoms with Crippen LogP contribution in [0.5, 0.6) is 0 Å². The summed E-state index contributed by atoms with van der Waals surface area (Å²) in [7, 11) is 0. The summed E-state index contributed by atoms with van der Waals surface area (Å²) < 4.78 is 0. The Balaban J connectivity index is 0. The molecule has 0 atom stereocenters. The van der Waals surface area contributed by atoms with Crippen molar-refractivity contribution >= 4 is 11.8 Å². The molecule has 0 N–H and O–H groups in total. The van der Waals surface area contributed by atoms with E-state index in [-0.39, 0.29) is 4.70 Å². The number of unbranched alkanes of at least 4 members (excludes halogenated alkanes) is 6. The fourth-order valence-corrected chi connectivity index (χ4v) is 2.38. The Kier molecular flexibility index (Phi) is 18.8. The normalized spacial score (nSPS) is 9.86. The molecule has 88 valence electrons. The van der Waals surface area contributed by atoms with Crippen LogP contribution in [0.15, 0.2) is 0 Å². The van der Waals surface area contributed by atoms with Crippen LogP contribution in [0.1, 0.15) is 65.2 Å². The van der Waals surface area contributed by atoms with E-state index in [0.717, 1.165) is 0 Å². The van der Waals surface area contributed by atoms with Crippen molar-refractivity contribution in [1.29, 1.82) is 0 Å². The van der Waals surface area contributed by atoms with E-state index in [1.54, 1.807) is 0 Å². The predicted molar refractivity (Wildman–Crippen MR) is 68.1 cm³/mol. The summed E-state index contributed by atoms with van der Waals surface area (Å²) in [5, 5.41) is 0. The molecule has 0 saturated carbocycles. The first-order valence-electron chi connectivity index (χ1n) is 5.99. The van der Waals surface area contributed by atoms with E-state index < -0.39 is 0 Å². The van der Waals surface area contributed by atoms with Crippen LogP contribution in [-0.2, 0) is 0 Å². The van der Waals surface area contributed by atoms with Crippen LogP contribution in [0, 0.1) is 0 Å². The maximum absolute atomic E-state index is 2.28. The molecule has 0 amide bonds. The Labute approximate surface area is 93.6 Å². The molecule has 0 radical (unpaired) electrons. The van der Waals surface area contributed by atoms with E-state index in [9.17, 15) is 0 Å². The lowest BCUT2D eigenvalue weighted by molar-refractivity contribution is 0.700. The van der Waals surface area contributed by atoms with Gasteiger partial charge in [-0.05, 0) is 24.3 Å². The van der Waals surface area contributed by atoms with E-state index >= 15 is 0 Å². The third-order valence-electron chi connectivity index (χ3n) is 2.28. The second kappa shape index (κ2) is 15.7. The second-order valence-corrected chi connectivity index (χ2v) is 4.96. The maximum Gasteiger partial charge on any atom is -0.00675 e. The van der Waals surface area contributed by atoms with Gasteiger partial charge in [0.05, 0.1) is 0 Å². The van der Waals surface area contributed by atoms with Crippen molar-refractivity contribution in [3.05, 3.63) is 0 Å². The largest absolute Gasteiger partial charge is 0.269 e. The molecule has 14 heavy (non-hydrogen) atoms. The quantitative estimate of drug-likeness (QED) is 0.467. The fourth-order valence-electron chi connectivity index (χ4n) is 1.36. The summed E-state index contributed by atoms with van der Waals surface area (Å²) in [4.78, 5) is 0. The minimum atomic E-state index is 0. The van der Waals surface area contributed by atoms with Crippen LogP contribution in [0.3, 0.4) is 0 Å². The molecular formula is C12H27FS. The van der Waals surface area contributed by atoms with Gasteiger partial charge >= 0.3 is 0 Å². The highest BCUT2D eigenvalue weighted by Crippen LogP contribution is 2.10. The number of hydrogen-bond acceptors (Lipinski definition) is 1. The first-order chi connectivity index (χ1) is 6.41. The molecule has 0 aliphatic rings. The smallest absolute Gasteiger partial charge is 0.00675 e. The van der Waals surface area contributed by atoms with Crippen LogP contribution >= 0.6 is 11.8 Å².